The number of rotatable bonds is 11. The van der Waals surface area contributed by atoms with Crippen LogP contribution in [0.4, 0.5) is 0 Å². The maximum atomic E-state index is 13.7. The molecule has 0 fully saturated rings. The van der Waals surface area contributed by atoms with E-state index in [4.69, 9.17) is 17.8 Å². The van der Waals surface area contributed by atoms with E-state index in [1.54, 1.807) is 0 Å². The first-order valence-corrected chi connectivity index (χ1v) is 17.7. The quantitative estimate of drug-likeness (QED) is 0.158. The van der Waals surface area contributed by atoms with Gasteiger partial charge in [-0.25, -0.2) is 0 Å². The van der Waals surface area contributed by atoms with Crippen LogP contribution in [0, 0.1) is 0 Å². The highest BCUT2D eigenvalue weighted by Gasteiger charge is 2.43. The third-order valence-corrected chi connectivity index (χ3v) is 11.2. The average Bonchev–Trinajstić information content (AvgIpc) is 2.85. The fourth-order valence-corrected chi connectivity index (χ4v) is 10.00. The summed E-state index contributed by atoms with van der Waals surface area (Å²) in [5.74, 6) is 2.10. The predicted molar refractivity (Wildman–Crippen MR) is 174 cm³/mol. The van der Waals surface area contributed by atoms with Gasteiger partial charge in [-0.05, 0) is 142 Å². The van der Waals surface area contributed by atoms with Crippen LogP contribution in [0.2, 0.25) is 0 Å². The summed E-state index contributed by atoms with van der Waals surface area (Å²) < 4.78 is 50.4. The molecule has 0 heterocycles. The van der Waals surface area contributed by atoms with Gasteiger partial charge < -0.3 is 14.2 Å². The molecule has 6 nitrogen and oxygen atoms in total. The third kappa shape index (κ3) is 9.68. The van der Waals surface area contributed by atoms with Crippen LogP contribution in [0.15, 0.2) is 87.5 Å². The van der Waals surface area contributed by atoms with E-state index in [1.807, 2.05) is 142 Å². The molecule has 0 atom stereocenters. The molecule has 3 rings (SSSR count). The minimum Gasteiger partial charge on any atom is -0.488 e. The first-order valence-electron chi connectivity index (χ1n) is 14.5. The first-order chi connectivity index (χ1) is 19.3. The summed E-state index contributed by atoms with van der Waals surface area (Å²) in [4.78, 5) is 2.37. The van der Waals surface area contributed by atoms with Crippen molar-refractivity contribution in [3.05, 3.63) is 72.8 Å². The van der Waals surface area contributed by atoms with Gasteiger partial charge in [0.05, 0.1) is 25.0 Å². The number of hydrogen-bond donors (Lipinski definition) is 0. The van der Waals surface area contributed by atoms with Crippen LogP contribution >= 0.6 is 10.3 Å². The van der Waals surface area contributed by atoms with Gasteiger partial charge >= 0.3 is 10.1 Å². The Morgan fingerprint density at radius 1 is 0.548 bits per heavy atom. The van der Waals surface area contributed by atoms with Gasteiger partial charge in [-0.2, -0.15) is 8.42 Å². The summed E-state index contributed by atoms with van der Waals surface area (Å²) in [6.45, 7) is 19.9. The fourth-order valence-electron chi connectivity index (χ4n) is 4.25. The van der Waals surface area contributed by atoms with Crippen LogP contribution in [0.1, 0.15) is 82.1 Å². The highest BCUT2D eigenvalue weighted by atomic mass is 32.3. The van der Waals surface area contributed by atoms with Crippen molar-refractivity contribution in [2.24, 2.45) is 0 Å². The van der Waals surface area contributed by atoms with Crippen molar-refractivity contribution < 1.29 is 26.3 Å². The van der Waals surface area contributed by atoms with Crippen LogP contribution in [0.25, 0.3) is 0 Å². The number of hydrogen-bond acceptors (Lipinski definition) is 5. The second-order valence-corrected chi connectivity index (χ2v) is 18.1. The second kappa shape index (κ2) is 12.9. The zero-order valence-corrected chi connectivity index (χ0v) is 28.5. The Bertz CT molecular complexity index is 1250. The molecule has 0 aliphatic heterocycles. The number of benzene rings is 3. The van der Waals surface area contributed by atoms with Gasteiger partial charge in [0.15, 0.2) is 0 Å². The van der Waals surface area contributed by atoms with Gasteiger partial charge in [0.25, 0.3) is 0 Å². The number of unbranched alkanes of at least 4 members (excludes halogenated alkanes) is 1. The van der Waals surface area contributed by atoms with Crippen molar-refractivity contribution in [1.82, 2.24) is 0 Å². The van der Waals surface area contributed by atoms with Gasteiger partial charge in [-0.1, -0.05) is 13.3 Å². The topological polar surface area (TPSA) is 74.6 Å². The lowest BCUT2D eigenvalue weighted by Crippen LogP contribution is -2.23. The maximum absolute atomic E-state index is 13.7. The van der Waals surface area contributed by atoms with E-state index in [2.05, 4.69) is 0 Å². The van der Waals surface area contributed by atoms with Crippen molar-refractivity contribution in [2.75, 3.05) is 5.75 Å². The van der Waals surface area contributed by atoms with Gasteiger partial charge in [0.2, 0.25) is 0 Å². The lowest BCUT2D eigenvalue weighted by Gasteiger charge is -2.35. The smallest absolute Gasteiger partial charge is 0.390 e. The zero-order valence-electron chi connectivity index (χ0n) is 26.9. The van der Waals surface area contributed by atoms with E-state index >= 15 is 0 Å². The highest BCUT2D eigenvalue weighted by Crippen LogP contribution is 2.68. The summed E-state index contributed by atoms with van der Waals surface area (Å²) in [7, 11) is -6.43. The third-order valence-electron chi connectivity index (χ3n) is 5.75. The molecule has 0 radical (unpaired) electrons. The van der Waals surface area contributed by atoms with Crippen LogP contribution in [-0.4, -0.2) is 34.6 Å². The Kier molecular flexibility index (Phi) is 10.4. The average molecular weight is 618 g/mol. The SMILES string of the molecule is CCCCS(=O)(=O)[OH+]S(c1ccc(OC(C)(C)C)cc1)(c1ccc(OC(C)(C)C)cc1)c1ccc(OC(C)(C)C)cc1. The zero-order chi connectivity index (χ0) is 31.4. The molecule has 0 unspecified atom stereocenters. The minimum atomic E-state index is -3.79. The molecule has 1 N–H and O–H groups in total. The standard InChI is InChI=1S/C34H48O6S2/c1-11-12-25-41(35,36)40-42(29-19-13-26(14-20-29)37-32(2,3)4,30-21-15-27(16-22-30)38-33(5,6)7)31-23-17-28(18-24-31)39-34(8,9)10/h13-24H,11-12,25H2,1-10H3/p+1. The minimum absolute atomic E-state index is 0.0140. The summed E-state index contributed by atoms with van der Waals surface area (Å²) in [5, 5.41) is 0. The van der Waals surface area contributed by atoms with Gasteiger partial charge in [0.1, 0.15) is 39.8 Å². The van der Waals surface area contributed by atoms with E-state index in [1.165, 1.54) is 0 Å². The van der Waals surface area contributed by atoms with Crippen LogP contribution < -0.4 is 14.2 Å². The lowest BCUT2D eigenvalue weighted by atomic mass is 10.2. The molecule has 0 saturated carbocycles. The Labute approximate surface area is 255 Å². The van der Waals surface area contributed by atoms with Gasteiger partial charge in [-0.3, -0.25) is 3.63 Å². The summed E-state index contributed by atoms with van der Waals surface area (Å²) in [6, 6.07) is 23.0. The molecule has 0 amide bonds. The summed E-state index contributed by atoms with van der Waals surface area (Å²) in [6.07, 6.45) is 1.30. The van der Waals surface area contributed by atoms with Crippen molar-refractivity contribution in [3.63, 3.8) is 0 Å². The van der Waals surface area contributed by atoms with E-state index in [0.29, 0.717) is 23.7 Å². The van der Waals surface area contributed by atoms with Crippen LogP contribution in [-0.2, 0) is 10.1 Å². The van der Waals surface area contributed by atoms with E-state index in [-0.39, 0.29) is 22.6 Å². The molecule has 3 aromatic rings. The molecule has 42 heavy (non-hydrogen) atoms. The number of ether oxygens (including phenoxy) is 3. The summed E-state index contributed by atoms with van der Waals surface area (Å²) in [5.41, 5.74) is -1.11. The van der Waals surface area contributed by atoms with E-state index in [0.717, 1.165) is 21.1 Å². The lowest BCUT2D eigenvalue weighted by molar-refractivity contribution is 0.130. The molecule has 0 saturated heterocycles. The second-order valence-electron chi connectivity index (χ2n) is 13.4. The molecule has 0 aliphatic rings. The molecule has 3 aromatic carbocycles. The largest absolute Gasteiger partial charge is 0.488 e. The molecule has 0 aliphatic carbocycles. The first kappa shape index (κ1) is 33.8. The normalized spacial score (nSPS) is 13.5. The van der Waals surface area contributed by atoms with Crippen molar-refractivity contribution in [2.45, 2.75) is 114 Å². The molecule has 0 aromatic heterocycles. The van der Waals surface area contributed by atoms with Crippen LogP contribution in [0.3, 0.4) is 0 Å². The molecule has 232 valence electrons. The van der Waals surface area contributed by atoms with Crippen molar-refractivity contribution in [1.29, 1.82) is 0 Å². The van der Waals surface area contributed by atoms with Crippen LogP contribution in [0.5, 0.6) is 17.2 Å². The fraction of sp³-hybridized carbons (Fsp3) is 0.471. The van der Waals surface area contributed by atoms with E-state index in [9.17, 15) is 8.42 Å². The molecule has 0 bridgehead atoms. The Hall–Kier alpha value is -2.68. The van der Waals surface area contributed by atoms with Crippen molar-refractivity contribution in [3.8, 4) is 17.2 Å². The molecular weight excluding hydrogens is 569 g/mol. The maximum Gasteiger partial charge on any atom is 0.390 e. The Morgan fingerprint density at radius 3 is 1.07 bits per heavy atom. The van der Waals surface area contributed by atoms with Gasteiger partial charge in [-0.15, -0.1) is 0 Å². The highest BCUT2D eigenvalue weighted by molar-refractivity contribution is 8.32. The van der Waals surface area contributed by atoms with E-state index < -0.39 is 20.4 Å². The van der Waals surface area contributed by atoms with Gasteiger partial charge in [0, 0.05) is 0 Å². The molecule has 8 heteroatoms. The monoisotopic (exact) mass is 617 g/mol. The Balaban J connectivity index is 2.27. The molecule has 0 spiro atoms. The molecular formula is C34H49O6S2+. The Morgan fingerprint density at radius 2 is 0.833 bits per heavy atom. The summed E-state index contributed by atoms with van der Waals surface area (Å²) >= 11 is 0. The predicted octanol–water partition coefficient (Wildman–Crippen LogP) is 9.64. The van der Waals surface area contributed by atoms with Crippen molar-refractivity contribution >= 4 is 20.4 Å².